The molecule has 2 aromatic carbocycles. The van der Waals surface area contributed by atoms with Gasteiger partial charge in [0.2, 0.25) is 0 Å². The number of nitrogens with zero attached hydrogens (tertiary/aromatic N) is 4. The molecule has 0 saturated heterocycles. The van der Waals surface area contributed by atoms with Gasteiger partial charge in [-0.25, -0.2) is 9.37 Å². The summed E-state index contributed by atoms with van der Waals surface area (Å²) >= 11 is 0. The first-order valence-electron chi connectivity index (χ1n) is 8.55. The molecule has 1 amide bonds. The van der Waals surface area contributed by atoms with Gasteiger partial charge in [-0.05, 0) is 29.8 Å². The molecule has 0 aliphatic carbocycles. The number of nitrogens with one attached hydrogen (secondary N) is 1. The standard InChI is InChI=1S/C20H16FN5O2/c1-25-17-8-3-2-7-16(17)24-18(20(25)28)19(27)23-15-10-22-26(12-15)11-13-5-4-6-14(21)9-13/h2-10,12H,11H2,1H3,(H,23,27). The van der Waals surface area contributed by atoms with Crippen molar-refractivity contribution in [1.29, 1.82) is 0 Å². The van der Waals surface area contributed by atoms with E-state index < -0.39 is 11.5 Å². The fraction of sp³-hybridized carbons (Fsp3) is 0.100. The second kappa shape index (κ2) is 7.07. The zero-order valence-electron chi connectivity index (χ0n) is 15.0. The fourth-order valence-corrected chi connectivity index (χ4v) is 2.95. The molecule has 4 rings (SSSR count). The van der Waals surface area contributed by atoms with Gasteiger partial charge in [0, 0.05) is 13.2 Å². The Morgan fingerprint density at radius 2 is 2.00 bits per heavy atom. The van der Waals surface area contributed by atoms with Gasteiger partial charge in [-0.2, -0.15) is 5.10 Å². The van der Waals surface area contributed by atoms with E-state index in [-0.39, 0.29) is 11.5 Å². The monoisotopic (exact) mass is 377 g/mol. The largest absolute Gasteiger partial charge is 0.318 e. The lowest BCUT2D eigenvalue weighted by Gasteiger charge is -2.07. The predicted octanol–water partition coefficient (Wildman–Crippen LogP) is 2.57. The van der Waals surface area contributed by atoms with Crippen molar-refractivity contribution >= 4 is 22.6 Å². The van der Waals surface area contributed by atoms with Gasteiger partial charge in [-0.3, -0.25) is 14.3 Å². The summed E-state index contributed by atoms with van der Waals surface area (Å²) in [5.74, 6) is -0.937. The third-order valence-electron chi connectivity index (χ3n) is 4.32. The van der Waals surface area contributed by atoms with Crippen LogP contribution in [0.25, 0.3) is 11.0 Å². The molecule has 1 N–H and O–H groups in total. The minimum absolute atomic E-state index is 0.195. The van der Waals surface area contributed by atoms with Gasteiger partial charge in [0.15, 0.2) is 5.69 Å². The number of fused-ring (bicyclic) bond motifs is 1. The third-order valence-corrected chi connectivity index (χ3v) is 4.32. The zero-order chi connectivity index (χ0) is 19.7. The third kappa shape index (κ3) is 3.39. The Labute approximate surface area is 159 Å². The van der Waals surface area contributed by atoms with E-state index >= 15 is 0 Å². The van der Waals surface area contributed by atoms with Crippen LogP contribution >= 0.6 is 0 Å². The number of aromatic nitrogens is 4. The summed E-state index contributed by atoms with van der Waals surface area (Å²) in [6.45, 7) is 0.351. The molecular formula is C20H16FN5O2. The second-order valence-electron chi connectivity index (χ2n) is 6.32. The van der Waals surface area contributed by atoms with Gasteiger partial charge >= 0.3 is 0 Å². The highest BCUT2D eigenvalue weighted by molar-refractivity contribution is 6.03. The van der Waals surface area contributed by atoms with E-state index in [1.54, 1.807) is 54.3 Å². The molecule has 0 aliphatic rings. The lowest BCUT2D eigenvalue weighted by Crippen LogP contribution is -2.29. The first-order valence-corrected chi connectivity index (χ1v) is 8.55. The Hall–Kier alpha value is -3.81. The Balaban J connectivity index is 1.56. The fourth-order valence-electron chi connectivity index (χ4n) is 2.95. The van der Waals surface area contributed by atoms with Crippen LogP contribution in [0.4, 0.5) is 10.1 Å². The summed E-state index contributed by atoms with van der Waals surface area (Å²) in [6, 6.07) is 13.3. The number of amides is 1. The maximum Gasteiger partial charge on any atom is 0.282 e. The molecule has 0 radical (unpaired) electrons. The minimum Gasteiger partial charge on any atom is -0.318 e. The van der Waals surface area contributed by atoms with Gasteiger partial charge in [-0.15, -0.1) is 0 Å². The number of rotatable bonds is 4. The molecule has 0 aliphatic heterocycles. The topological polar surface area (TPSA) is 81.8 Å². The van der Waals surface area contributed by atoms with E-state index in [4.69, 9.17) is 0 Å². The van der Waals surface area contributed by atoms with Crippen LogP contribution in [0.5, 0.6) is 0 Å². The van der Waals surface area contributed by atoms with Crippen molar-refractivity contribution in [1.82, 2.24) is 19.3 Å². The summed E-state index contributed by atoms with van der Waals surface area (Å²) in [4.78, 5) is 29.2. The molecule has 28 heavy (non-hydrogen) atoms. The lowest BCUT2D eigenvalue weighted by molar-refractivity contribution is 0.102. The maximum atomic E-state index is 13.3. The summed E-state index contributed by atoms with van der Waals surface area (Å²) in [6.07, 6.45) is 3.07. The molecule has 0 atom stereocenters. The number of carbonyl (C=O) groups excluding carboxylic acids is 1. The molecule has 2 aromatic heterocycles. The number of hydrogen-bond donors (Lipinski definition) is 1. The Morgan fingerprint density at radius 1 is 1.18 bits per heavy atom. The highest BCUT2D eigenvalue weighted by atomic mass is 19.1. The number of benzene rings is 2. The van der Waals surface area contributed by atoms with Crippen molar-refractivity contribution in [3.8, 4) is 0 Å². The number of para-hydroxylation sites is 2. The van der Waals surface area contributed by atoms with Crippen molar-refractivity contribution < 1.29 is 9.18 Å². The van der Waals surface area contributed by atoms with Crippen molar-refractivity contribution in [2.45, 2.75) is 6.54 Å². The summed E-state index contributed by atoms with van der Waals surface area (Å²) in [5, 5.41) is 6.79. The first-order chi connectivity index (χ1) is 13.5. The maximum absolute atomic E-state index is 13.3. The van der Waals surface area contributed by atoms with Crippen LogP contribution in [-0.4, -0.2) is 25.2 Å². The Kier molecular flexibility index (Phi) is 4.44. The van der Waals surface area contributed by atoms with Crippen LogP contribution in [0.3, 0.4) is 0 Å². The quantitative estimate of drug-likeness (QED) is 0.593. The van der Waals surface area contributed by atoms with Crippen LogP contribution in [0.2, 0.25) is 0 Å². The minimum atomic E-state index is -0.614. The van der Waals surface area contributed by atoms with Crippen LogP contribution in [0.15, 0.2) is 65.7 Å². The van der Waals surface area contributed by atoms with Gasteiger partial charge in [0.05, 0.1) is 29.5 Å². The van der Waals surface area contributed by atoms with E-state index in [1.807, 2.05) is 0 Å². The zero-order valence-corrected chi connectivity index (χ0v) is 15.0. The number of hydrogen-bond acceptors (Lipinski definition) is 4. The van der Waals surface area contributed by atoms with E-state index in [0.717, 1.165) is 5.56 Å². The molecule has 2 heterocycles. The van der Waals surface area contributed by atoms with Crippen molar-refractivity contribution in [2.75, 3.05) is 5.32 Å². The molecule has 7 nitrogen and oxygen atoms in total. The van der Waals surface area contributed by atoms with Crippen LogP contribution in [0, 0.1) is 5.82 Å². The average molecular weight is 377 g/mol. The molecule has 8 heteroatoms. The van der Waals surface area contributed by atoms with Crippen LogP contribution in [0.1, 0.15) is 16.1 Å². The highest BCUT2D eigenvalue weighted by Crippen LogP contribution is 2.12. The van der Waals surface area contributed by atoms with E-state index in [0.29, 0.717) is 23.3 Å². The lowest BCUT2D eigenvalue weighted by atomic mass is 10.2. The summed E-state index contributed by atoms with van der Waals surface area (Å²) in [7, 11) is 1.60. The Morgan fingerprint density at radius 3 is 2.82 bits per heavy atom. The van der Waals surface area contributed by atoms with Crippen LogP contribution in [-0.2, 0) is 13.6 Å². The molecule has 0 fully saturated rings. The first kappa shape index (κ1) is 17.6. The number of carbonyl (C=O) groups is 1. The van der Waals surface area contributed by atoms with Crippen LogP contribution < -0.4 is 10.9 Å². The smallest absolute Gasteiger partial charge is 0.282 e. The number of aryl methyl sites for hydroxylation is 1. The molecule has 0 unspecified atom stereocenters. The number of anilines is 1. The van der Waals surface area contributed by atoms with E-state index in [2.05, 4.69) is 15.4 Å². The predicted molar refractivity (Wildman–Crippen MR) is 103 cm³/mol. The SMILES string of the molecule is Cn1c(=O)c(C(=O)Nc2cnn(Cc3cccc(F)c3)c2)nc2ccccc21. The second-order valence-corrected chi connectivity index (χ2v) is 6.32. The summed E-state index contributed by atoms with van der Waals surface area (Å²) in [5.41, 5.74) is 1.68. The molecule has 0 saturated carbocycles. The van der Waals surface area contributed by atoms with E-state index in [9.17, 15) is 14.0 Å². The van der Waals surface area contributed by atoms with E-state index in [1.165, 1.54) is 22.9 Å². The molecule has 0 bridgehead atoms. The van der Waals surface area contributed by atoms with Gasteiger partial charge < -0.3 is 9.88 Å². The highest BCUT2D eigenvalue weighted by Gasteiger charge is 2.17. The number of halogens is 1. The Bertz CT molecular complexity index is 1240. The molecule has 0 spiro atoms. The molecular weight excluding hydrogens is 361 g/mol. The van der Waals surface area contributed by atoms with Gasteiger partial charge in [0.25, 0.3) is 11.5 Å². The van der Waals surface area contributed by atoms with Crippen molar-refractivity contribution in [3.63, 3.8) is 0 Å². The molecule has 4 aromatic rings. The van der Waals surface area contributed by atoms with Gasteiger partial charge in [0.1, 0.15) is 5.82 Å². The van der Waals surface area contributed by atoms with Gasteiger partial charge in [-0.1, -0.05) is 24.3 Å². The normalized spacial score (nSPS) is 10.9. The van der Waals surface area contributed by atoms with Crippen molar-refractivity contribution in [3.05, 3.63) is 88.4 Å². The average Bonchev–Trinajstić information content (AvgIpc) is 3.11. The summed E-state index contributed by atoms with van der Waals surface area (Å²) < 4.78 is 16.3. The van der Waals surface area contributed by atoms with Crippen molar-refractivity contribution in [2.24, 2.45) is 7.05 Å². The molecule has 140 valence electrons.